The molecule has 21 heavy (non-hydrogen) atoms. The van der Waals surface area contributed by atoms with Crippen molar-refractivity contribution in [3.8, 4) is 0 Å². The molecule has 1 N–H and O–H groups in total. The maximum Gasteiger partial charge on any atom is 0.307 e. The van der Waals surface area contributed by atoms with Gasteiger partial charge in [-0.2, -0.15) is 4.39 Å². The summed E-state index contributed by atoms with van der Waals surface area (Å²) in [5.41, 5.74) is -0.151. The predicted molar refractivity (Wildman–Crippen MR) is 76.6 cm³/mol. The van der Waals surface area contributed by atoms with Crippen molar-refractivity contribution < 1.29 is 13.7 Å². The van der Waals surface area contributed by atoms with Gasteiger partial charge in [0, 0.05) is 17.0 Å². The number of halogens is 2. The van der Waals surface area contributed by atoms with Crippen LogP contribution in [0.4, 0.5) is 20.2 Å². The first kappa shape index (κ1) is 15.3. The predicted octanol–water partition coefficient (Wildman–Crippen LogP) is 4.12. The molecule has 1 aromatic carbocycles. The van der Waals surface area contributed by atoms with Gasteiger partial charge in [0.1, 0.15) is 5.82 Å². The Morgan fingerprint density at radius 3 is 2.52 bits per heavy atom. The van der Waals surface area contributed by atoms with E-state index in [2.05, 4.69) is 10.3 Å². The summed E-state index contributed by atoms with van der Waals surface area (Å²) in [4.78, 5) is 15.1. The van der Waals surface area contributed by atoms with E-state index in [1.54, 1.807) is 6.92 Å². The average molecular weight is 313 g/mol. The second-order valence-corrected chi connectivity index (χ2v) is 5.99. The number of thiazole rings is 1. The van der Waals surface area contributed by atoms with Gasteiger partial charge < -0.3 is 5.32 Å². The van der Waals surface area contributed by atoms with Gasteiger partial charge >= 0.3 is 5.69 Å². The van der Waals surface area contributed by atoms with Crippen LogP contribution in [0, 0.1) is 35.6 Å². The highest BCUT2D eigenvalue weighted by atomic mass is 32.1. The van der Waals surface area contributed by atoms with Crippen LogP contribution in [0.3, 0.4) is 0 Å². The number of rotatable bonds is 4. The molecule has 0 aliphatic carbocycles. The van der Waals surface area contributed by atoms with Crippen molar-refractivity contribution in [3.05, 3.63) is 49.5 Å². The number of hydrogen-bond donors (Lipinski definition) is 1. The van der Waals surface area contributed by atoms with Crippen LogP contribution in [0.2, 0.25) is 0 Å². The monoisotopic (exact) mass is 313 g/mol. The molecule has 8 heteroatoms. The van der Waals surface area contributed by atoms with Gasteiger partial charge in [-0.15, -0.1) is 11.3 Å². The van der Waals surface area contributed by atoms with Crippen LogP contribution in [0.25, 0.3) is 0 Å². The summed E-state index contributed by atoms with van der Waals surface area (Å²) in [5.74, 6) is -2.08. The van der Waals surface area contributed by atoms with E-state index in [0.717, 1.165) is 21.6 Å². The molecule has 2 aromatic rings. The van der Waals surface area contributed by atoms with Crippen LogP contribution in [0.15, 0.2) is 12.1 Å². The molecule has 0 saturated carbocycles. The van der Waals surface area contributed by atoms with Crippen LogP contribution in [-0.4, -0.2) is 9.91 Å². The molecule has 0 spiro atoms. The zero-order valence-electron chi connectivity index (χ0n) is 11.6. The van der Waals surface area contributed by atoms with Gasteiger partial charge in [-0.05, 0) is 20.8 Å². The highest BCUT2D eigenvalue weighted by Crippen LogP contribution is 2.30. The van der Waals surface area contributed by atoms with Crippen molar-refractivity contribution in [2.45, 2.75) is 26.8 Å². The minimum Gasteiger partial charge on any atom is -0.374 e. The fourth-order valence-corrected chi connectivity index (χ4v) is 2.95. The van der Waals surface area contributed by atoms with E-state index >= 15 is 0 Å². The molecule has 0 aliphatic rings. The van der Waals surface area contributed by atoms with E-state index in [1.165, 1.54) is 11.3 Å². The topological polar surface area (TPSA) is 68.1 Å². The molecule has 0 amide bonds. The van der Waals surface area contributed by atoms with Gasteiger partial charge in [0.25, 0.3) is 0 Å². The third-order valence-corrected chi connectivity index (χ3v) is 3.86. The Kier molecular flexibility index (Phi) is 4.17. The first-order chi connectivity index (χ1) is 9.79. The van der Waals surface area contributed by atoms with E-state index in [1.807, 2.05) is 13.8 Å². The van der Waals surface area contributed by atoms with E-state index in [-0.39, 0.29) is 11.7 Å². The van der Waals surface area contributed by atoms with Gasteiger partial charge in [-0.25, -0.2) is 9.37 Å². The summed E-state index contributed by atoms with van der Waals surface area (Å²) in [6, 6.07) is 1.01. The van der Waals surface area contributed by atoms with Crippen molar-refractivity contribution in [1.82, 2.24) is 4.98 Å². The van der Waals surface area contributed by atoms with Crippen molar-refractivity contribution in [3.63, 3.8) is 0 Å². The number of nitro groups is 1. The lowest BCUT2D eigenvalue weighted by molar-refractivity contribution is -0.387. The molecule has 1 unspecified atom stereocenters. The average Bonchev–Trinajstić information content (AvgIpc) is 2.71. The maximum atomic E-state index is 13.7. The molecule has 1 heterocycles. The van der Waals surface area contributed by atoms with Gasteiger partial charge in [0.15, 0.2) is 0 Å². The summed E-state index contributed by atoms with van der Waals surface area (Å²) in [7, 11) is 0. The normalized spacial score (nSPS) is 12.2. The molecule has 0 saturated heterocycles. The number of aryl methyl sites for hydroxylation is 2. The molecule has 112 valence electrons. The Balaban J connectivity index is 2.33. The molecule has 0 radical (unpaired) electrons. The van der Waals surface area contributed by atoms with Crippen LogP contribution in [0.5, 0.6) is 0 Å². The minimum atomic E-state index is -1.20. The number of nitro benzene ring substituents is 1. The van der Waals surface area contributed by atoms with Crippen molar-refractivity contribution in [2.24, 2.45) is 0 Å². The lowest BCUT2D eigenvalue weighted by atomic mass is 10.2. The lowest BCUT2D eigenvalue weighted by Crippen LogP contribution is -2.10. The number of hydrogen-bond acceptors (Lipinski definition) is 5. The summed E-state index contributed by atoms with van der Waals surface area (Å²) in [5, 5.41) is 14.4. The molecule has 2 rings (SSSR count). The fraction of sp³-hybridized carbons (Fsp3) is 0.308. The Morgan fingerprint density at radius 1 is 1.33 bits per heavy atom. The van der Waals surface area contributed by atoms with E-state index in [0.29, 0.717) is 6.07 Å². The summed E-state index contributed by atoms with van der Waals surface area (Å²) in [6.07, 6.45) is 0. The maximum absolute atomic E-state index is 13.7. The van der Waals surface area contributed by atoms with Crippen molar-refractivity contribution >= 4 is 22.7 Å². The second kappa shape index (κ2) is 5.72. The quantitative estimate of drug-likeness (QED) is 0.681. The fourth-order valence-electron chi connectivity index (χ4n) is 2.04. The van der Waals surface area contributed by atoms with Crippen molar-refractivity contribution in [2.75, 3.05) is 5.32 Å². The van der Waals surface area contributed by atoms with Crippen LogP contribution in [0.1, 0.15) is 28.5 Å². The largest absolute Gasteiger partial charge is 0.374 e. The Labute approximate surface area is 123 Å². The standard InChI is InChI=1S/C13H13F2N3O2S/c1-6(13-7(2)21-8(3)17-13)16-11-5-12(18(19)20)10(15)4-9(11)14/h4-6,16H,1-3H3. The zero-order valence-corrected chi connectivity index (χ0v) is 12.4. The summed E-state index contributed by atoms with van der Waals surface area (Å²) in [6.45, 7) is 5.51. The summed E-state index contributed by atoms with van der Waals surface area (Å²) < 4.78 is 27.0. The summed E-state index contributed by atoms with van der Waals surface area (Å²) >= 11 is 1.51. The first-order valence-corrected chi connectivity index (χ1v) is 6.95. The first-order valence-electron chi connectivity index (χ1n) is 6.13. The van der Waals surface area contributed by atoms with Gasteiger partial charge in [0.2, 0.25) is 5.82 Å². The molecule has 1 aromatic heterocycles. The molecule has 1 atom stereocenters. The third kappa shape index (κ3) is 3.15. The van der Waals surface area contributed by atoms with E-state index in [9.17, 15) is 18.9 Å². The molecular formula is C13H13F2N3O2S. The molecule has 0 fully saturated rings. The second-order valence-electron chi connectivity index (χ2n) is 4.58. The molecule has 5 nitrogen and oxygen atoms in total. The molecule has 0 aliphatic heterocycles. The van der Waals surface area contributed by atoms with E-state index in [4.69, 9.17) is 0 Å². The SMILES string of the molecule is Cc1nc(C(C)Nc2cc([N+](=O)[O-])c(F)cc2F)c(C)s1. The number of anilines is 1. The number of nitrogens with zero attached hydrogens (tertiary/aromatic N) is 2. The van der Waals surface area contributed by atoms with Crippen LogP contribution in [-0.2, 0) is 0 Å². The Hall–Kier alpha value is -2.09. The highest BCUT2D eigenvalue weighted by molar-refractivity contribution is 7.11. The third-order valence-electron chi connectivity index (χ3n) is 2.95. The number of aromatic nitrogens is 1. The number of nitrogens with one attached hydrogen (secondary N) is 1. The van der Waals surface area contributed by atoms with Crippen molar-refractivity contribution in [1.29, 1.82) is 0 Å². The molecular weight excluding hydrogens is 300 g/mol. The van der Waals surface area contributed by atoms with E-state index < -0.39 is 22.2 Å². The van der Waals surface area contributed by atoms with Crippen LogP contribution < -0.4 is 5.32 Å². The van der Waals surface area contributed by atoms with Gasteiger partial charge in [-0.3, -0.25) is 10.1 Å². The number of benzene rings is 1. The minimum absolute atomic E-state index is 0.124. The van der Waals surface area contributed by atoms with Gasteiger partial charge in [0.05, 0.1) is 27.4 Å². The smallest absolute Gasteiger partial charge is 0.307 e. The van der Waals surface area contributed by atoms with Gasteiger partial charge in [-0.1, -0.05) is 0 Å². The lowest BCUT2D eigenvalue weighted by Gasteiger charge is -2.15. The Morgan fingerprint density at radius 2 is 2.00 bits per heavy atom. The highest BCUT2D eigenvalue weighted by Gasteiger charge is 2.21. The van der Waals surface area contributed by atoms with Crippen LogP contribution >= 0.6 is 11.3 Å². The molecule has 0 bridgehead atoms. The Bertz CT molecular complexity index is 703. The zero-order chi connectivity index (χ0) is 15.7.